The lowest BCUT2D eigenvalue weighted by Gasteiger charge is -2.13. The largest absolute Gasteiger partial charge is 0.480 e. The van der Waals surface area contributed by atoms with Crippen LogP contribution >= 0.6 is 11.3 Å². The van der Waals surface area contributed by atoms with Gasteiger partial charge >= 0.3 is 5.97 Å². The summed E-state index contributed by atoms with van der Waals surface area (Å²) in [5, 5.41) is 14.4. The van der Waals surface area contributed by atoms with Crippen LogP contribution in [0.15, 0.2) is 5.38 Å². The second-order valence-corrected chi connectivity index (χ2v) is 5.43. The molecule has 0 aliphatic heterocycles. The van der Waals surface area contributed by atoms with E-state index in [4.69, 9.17) is 5.11 Å². The van der Waals surface area contributed by atoms with Crippen LogP contribution in [-0.4, -0.2) is 28.0 Å². The number of carbonyl (C=O) groups is 2. The Balaban J connectivity index is 2.37. The molecule has 1 amide bonds. The molecule has 5 nitrogen and oxygen atoms in total. The molecule has 0 radical (unpaired) electrons. The normalized spacial score (nSPS) is 12.1. The lowest BCUT2D eigenvalue weighted by Crippen LogP contribution is -2.40. The SMILES string of the molecule is CCCCC(NC(=O)CCc1nc(C)cs1)C(=O)O. The third-order valence-electron chi connectivity index (χ3n) is 2.71. The number of carboxylic acid groups (broad SMARTS) is 1. The van der Waals surface area contributed by atoms with Crippen LogP contribution in [0.5, 0.6) is 0 Å². The van der Waals surface area contributed by atoms with Crippen molar-refractivity contribution in [3.05, 3.63) is 16.1 Å². The smallest absolute Gasteiger partial charge is 0.326 e. The van der Waals surface area contributed by atoms with Crippen molar-refractivity contribution in [1.82, 2.24) is 10.3 Å². The van der Waals surface area contributed by atoms with Gasteiger partial charge in [-0.25, -0.2) is 9.78 Å². The van der Waals surface area contributed by atoms with E-state index in [0.717, 1.165) is 23.5 Å². The minimum Gasteiger partial charge on any atom is -0.480 e. The molecule has 1 unspecified atom stereocenters. The Morgan fingerprint density at radius 2 is 2.26 bits per heavy atom. The summed E-state index contributed by atoms with van der Waals surface area (Å²) < 4.78 is 0. The van der Waals surface area contributed by atoms with E-state index in [-0.39, 0.29) is 12.3 Å². The molecule has 0 aliphatic carbocycles. The Bertz CT molecular complexity index is 431. The van der Waals surface area contributed by atoms with E-state index < -0.39 is 12.0 Å². The summed E-state index contributed by atoms with van der Waals surface area (Å²) in [4.78, 5) is 27.0. The number of aryl methyl sites for hydroxylation is 2. The number of hydrogen-bond acceptors (Lipinski definition) is 4. The number of unbranched alkanes of at least 4 members (excludes halogenated alkanes) is 1. The molecule has 106 valence electrons. The topological polar surface area (TPSA) is 79.3 Å². The van der Waals surface area contributed by atoms with Gasteiger partial charge in [-0.1, -0.05) is 19.8 Å². The number of carboxylic acids is 1. The molecule has 19 heavy (non-hydrogen) atoms. The molecule has 0 saturated carbocycles. The van der Waals surface area contributed by atoms with E-state index in [1.807, 2.05) is 19.2 Å². The highest BCUT2D eigenvalue weighted by molar-refractivity contribution is 7.09. The summed E-state index contributed by atoms with van der Waals surface area (Å²) in [6.45, 7) is 3.90. The van der Waals surface area contributed by atoms with Crippen molar-refractivity contribution >= 4 is 23.2 Å². The van der Waals surface area contributed by atoms with E-state index in [1.54, 1.807) is 0 Å². The van der Waals surface area contributed by atoms with Gasteiger partial charge < -0.3 is 10.4 Å². The first-order valence-corrected chi connectivity index (χ1v) is 7.34. The van der Waals surface area contributed by atoms with Crippen molar-refractivity contribution in [2.75, 3.05) is 0 Å². The highest BCUT2D eigenvalue weighted by Gasteiger charge is 2.19. The van der Waals surface area contributed by atoms with E-state index in [2.05, 4.69) is 10.3 Å². The fourth-order valence-electron chi connectivity index (χ4n) is 1.67. The van der Waals surface area contributed by atoms with Crippen molar-refractivity contribution < 1.29 is 14.7 Å². The zero-order valence-corrected chi connectivity index (χ0v) is 12.1. The number of nitrogens with one attached hydrogen (secondary N) is 1. The van der Waals surface area contributed by atoms with Gasteiger partial charge in [0, 0.05) is 23.9 Å². The van der Waals surface area contributed by atoms with Crippen molar-refractivity contribution in [2.45, 2.75) is 52.0 Å². The Morgan fingerprint density at radius 1 is 1.53 bits per heavy atom. The number of aromatic nitrogens is 1. The molecular formula is C13H20N2O3S. The van der Waals surface area contributed by atoms with Gasteiger partial charge in [-0.05, 0) is 13.3 Å². The van der Waals surface area contributed by atoms with Gasteiger partial charge in [0.05, 0.1) is 5.01 Å². The molecule has 1 aromatic heterocycles. The summed E-state index contributed by atoms with van der Waals surface area (Å²) in [6, 6.07) is -0.773. The molecule has 1 heterocycles. The van der Waals surface area contributed by atoms with Crippen LogP contribution < -0.4 is 5.32 Å². The highest BCUT2D eigenvalue weighted by atomic mass is 32.1. The number of carbonyl (C=O) groups excluding carboxylic acids is 1. The minimum atomic E-state index is -0.966. The Kier molecular flexibility index (Phi) is 6.49. The third-order valence-corrected chi connectivity index (χ3v) is 3.74. The zero-order chi connectivity index (χ0) is 14.3. The summed E-state index contributed by atoms with van der Waals surface area (Å²) in [6.07, 6.45) is 3.03. The molecule has 0 aliphatic rings. The molecule has 6 heteroatoms. The Morgan fingerprint density at radius 3 is 2.79 bits per heavy atom. The maximum Gasteiger partial charge on any atom is 0.326 e. The monoisotopic (exact) mass is 284 g/mol. The maximum atomic E-state index is 11.7. The van der Waals surface area contributed by atoms with Crippen LogP contribution in [0.3, 0.4) is 0 Å². The standard InChI is InChI=1S/C13H20N2O3S/c1-3-4-5-10(13(17)18)15-11(16)6-7-12-14-9(2)8-19-12/h8,10H,3-7H2,1-2H3,(H,15,16)(H,17,18). The number of aliphatic carboxylic acids is 1. The average Bonchev–Trinajstić information content (AvgIpc) is 2.77. The fourth-order valence-corrected chi connectivity index (χ4v) is 2.45. The molecule has 1 rings (SSSR count). The van der Waals surface area contributed by atoms with Gasteiger partial charge in [-0.3, -0.25) is 4.79 Å². The van der Waals surface area contributed by atoms with Gasteiger partial charge in [-0.15, -0.1) is 11.3 Å². The Labute approximate surface area is 117 Å². The molecule has 0 fully saturated rings. The third kappa shape index (κ3) is 5.83. The molecular weight excluding hydrogens is 264 g/mol. The van der Waals surface area contributed by atoms with Crippen LogP contribution in [-0.2, 0) is 16.0 Å². The molecule has 2 N–H and O–H groups in total. The summed E-state index contributed by atoms with van der Waals surface area (Å²) >= 11 is 1.52. The summed E-state index contributed by atoms with van der Waals surface area (Å²) in [5.41, 5.74) is 0.951. The van der Waals surface area contributed by atoms with Gasteiger partial charge in [0.15, 0.2) is 0 Å². The quantitative estimate of drug-likeness (QED) is 0.766. The van der Waals surface area contributed by atoms with Gasteiger partial charge in [0.25, 0.3) is 0 Å². The molecule has 0 aromatic carbocycles. The fraction of sp³-hybridized carbons (Fsp3) is 0.615. The second-order valence-electron chi connectivity index (χ2n) is 4.48. The van der Waals surface area contributed by atoms with Gasteiger partial charge in [0.1, 0.15) is 6.04 Å². The van der Waals surface area contributed by atoms with Crippen LogP contribution in [0.4, 0.5) is 0 Å². The second kappa shape index (κ2) is 7.89. The molecule has 1 atom stereocenters. The highest BCUT2D eigenvalue weighted by Crippen LogP contribution is 2.11. The maximum absolute atomic E-state index is 11.7. The van der Waals surface area contributed by atoms with Gasteiger partial charge in [0.2, 0.25) is 5.91 Å². The van der Waals surface area contributed by atoms with Crippen molar-refractivity contribution in [3.63, 3.8) is 0 Å². The van der Waals surface area contributed by atoms with Crippen molar-refractivity contribution in [2.24, 2.45) is 0 Å². The first kappa shape index (κ1) is 15.6. The van der Waals surface area contributed by atoms with Crippen LogP contribution in [0, 0.1) is 6.92 Å². The lowest BCUT2D eigenvalue weighted by molar-refractivity contribution is -0.142. The summed E-state index contributed by atoms with van der Waals surface area (Å²) in [7, 11) is 0. The first-order valence-electron chi connectivity index (χ1n) is 6.46. The number of hydrogen-bond donors (Lipinski definition) is 2. The van der Waals surface area contributed by atoms with Crippen molar-refractivity contribution in [1.29, 1.82) is 0 Å². The van der Waals surface area contributed by atoms with Crippen LogP contribution in [0.2, 0.25) is 0 Å². The van der Waals surface area contributed by atoms with E-state index >= 15 is 0 Å². The number of amides is 1. The summed E-state index contributed by atoms with van der Waals surface area (Å²) in [5.74, 6) is -1.19. The number of nitrogens with zero attached hydrogens (tertiary/aromatic N) is 1. The predicted octanol–water partition coefficient (Wildman–Crippen LogP) is 2.14. The zero-order valence-electron chi connectivity index (χ0n) is 11.3. The van der Waals surface area contributed by atoms with Crippen LogP contribution in [0.1, 0.15) is 43.3 Å². The van der Waals surface area contributed by atoms with Gasteiger partial charge in [-0.2, -0.15) is 0 Å². The molecule has 0 saturated heterocycles. The average molecular weight is 284 g/mol. The minimum absolute atomic E-state index is 0.226. The lowest BCUT2D eigenvalue weighted by atomic mass is 10.1. The molecule has 0 bridgehead atoms. The molecule has 0 spiro atoms. The number of thiazole rings is 1. The van der Waals surface area contributed by atoms with E-state index in [9.17, 15) is 9.59 Å². The first-order chi connectivity index (χ1) is 9.02. The predicted molar refractivity (Wildman–Crippen MR) is 74.3 cm³/mol. The van der Waals surface area contributed by atoms with Crippen molar-refractivity contribution in [3.8, 4) is 0 Å². The number of rotatable bonds is 8. The molecule has 1 aromatic rings. The van der Waals surface area contributed by atoms with E-state index in [0.29, 0.717) is 12.8 Å². The Hall–Kier alpha value is -1.43. The van der Waals surface area contributed by atoms with E-state index in [1.165, 1.54) is 11.3 Å². The van der Waals surface area contributed by atoms with Crippen LogP contribution in [0.25, 0.3) is 0 Å².